The smallest absolute Gasteiger partial charge is 0.326 e. The fourth-order valence-electron chi connectivity index (χ4n) is 6.74. The lowest BCUT2D eigenvalue weighted by atomic mass is 10.0. The molecule has 0 radical (unpaired) electrons. The number of amides is 5. The van der Waals surface area contributed by atoms with Crippen LogP contribution in [0, 0.1) is 0 Å². The van der Waals surface area contributed by atoms with Crippen LogP contribution < -0.4 is 11.0 Å². The zero-order chi connectivity index (χ0) is 34.7. The number of urea groups is 2. The van der Waals surface area contributed by atoms with E-state index < -0.39 is 6.04 Å². The van der Waals surface area contributed by atoms with Crippen molar-refractivity contribution in [3.63, 3.8) is 0 Å². The summed E-state index contributed by atoms with van der Waals surface area (Å²) in [6.07, 6.45) is 3.25. The molecule has 4 heterocycles. The third kappa shape index (κ3) is 8.15. The Morgan fingerprint density at radius 2 is 1.43 bits per heavy atom. The molecule has 5 amide bonds. The lowest BCUT2D eigenvalue weighted by molar-refractivity contribution is -0.134. The van der Waals surface area contributed by atoms with Crippen molar-refractivity contribution in [1.82, 2.24) is 39.4 Å². The standard InChI is InChI=1S/C34H42Br2N8O5/c1-39-11-13-42(14-12-39)34(49)43-17-15-40(16-18-43)31(46)28(21-23-19-26(35)30(45)27(36)20-23)37-32(47)41-9-7-25(8-10-41)44-22-29(38-33(44)48)24-5-3-2-4-6-24/h2-6,19-20,22,25,28,45H,7-18,21H2,1H3,(H,37,47)(H,38,48)/t28-/m0/s1. The number of hydrogen-bond acceptors (Lipinski definition) is 6. The van der Waals surface area contributed by atoms with Crippen LogP contribution in [0.25, 0.3) is 11.3 Å². The Labute approximate surface area is 302 Å². The van der Waals surface area contributed by atoms with E-state index in [1.807, 2.05) is 48.5 Å². The van der Waals surface area contributed by atoms with Crippen LogP contribution in [0.15, 0.2) is 62.4 Å². The third-order valence-corrected chi connectivity index (χ3v) is 10.9. The molecule has 3 fully saturated rings. The molecule has 15 heteroatoms. The molecular weight excluding hydrogens is 760 g/mol. The molecule has 0 aliphatic carbocycles. The number of halogens is 2. The maximum atomic E-state index is 14.0. The zero-order valence-corrected chi connectivity index (χ0v) is 30.7. The van der Waals surface area contributed by atoms with Crippen LogP contribution in [-0.2, 0) is 11.2 Å². The lowest BCUT2D eigenvalue weighted by Gasteiger charge is -2.40. The molecule has 0 bridgehead atoms. The highest BCUT2D eigenvalue weighted by Crippen LogP contribution is 2.34. The quantitative estimate of drug-likeness (QED) is 0.349. The summed E-state index contributed by atoms with van der Waals surface area (Å²) in [6.45, 7) is 5.50. The lowest BCUT2D eigenvalue weighted by Crippen LogP contribution is -2.60. The normalized spacial score (nSPS) is 18.4. The number of piperazine rings is 2. The number of phenols is 1. The number of piperidine rings is 1. The van der Waals surface area contributed by atoms with E-state index in [0.29, 0.717) is 74.1 Å². The van der Waals surface area contributed by atoms with Crippen molar-refractivity contribution in [2.24, 2.45) is 0 Å². The number of nitrogens with one attached hydrogen (secondary N) is 2. The molecule has 0 spiro atoms. The Hall–Kier alpha value is -3.82. The summed E-state index contributed by atoms with van der Waals surface area (Å²) in [6, 6.07) is 11.9. The first-order chi connectivity index (χ1) is 23.6. The van der Waals surface area contributed by atoms with Crippen molar-refractivity contribution in [3.8, 4) is 17.0 Å². The largest absolute Gasteiger partial charge is 0.506 e. The van der Waals surface area contributed by atoms with E-state index in [0.717, 1.165) is 29.9 Å². The number of likely N-dealkylation sites (tertiary alicyclic amines) is 1. The molecule has 2 aromatic carbocycles. The van der Waals surface area contributed by atoms with Gasteiger partial charge in [-0.2, -0.15) is 0 Å². The average Bonchev–Trinajstić information content (AvgIpc) is 3.51. The number of aromatic nitrogens is 2. The Morgan fingerprint density at radius 3 is 2.04 bits per heavy atom. The van der Waals surface area contributed by atoms with Gasteiger partial charge < -0.3 is 39.9 Å². The van der Waals surface area contributed by atoms with Crippen LogP contribution in [0.1, 0.15) is 24.4 Å². The summed E-state index contributed by atoms with van der Waals surface area (Å²) in [5.41, 5.74) is 2.26. The highest BCUT2D eigenvalue weighted by molar-refractivity contribution is 9.11. The van der Waals surface area contributed by atoms with Crippen molar-refractivity contribution in [3.05, 3.63) is 73.7 Å². The molecule has 6 rings (SSSR count). The van der Waals surface area contributed by atoms with Crippen molar-refractivity contribution >= 4 is 49.8 Å². The van der Waals surface area contributed by atoms with E-state index in [-0.39, 0.29) is 41.9 Å². The number of carbonyl (C=O) groups is 3. The van der Waals surface area contributed by atoms with Crippen LogP contribution in [-0.4, -0.2) is 136 Å². The second-order valence-electron chi connectivity index (χ2n) is 13.0. The first-order valence-corrected chi connectivity index (χ1v) is 18.3. The number of rotatable bonds is 6. The van der Waals surface area contributed by atoms with E-state index >= 15 is 0 Å². The van der Waals surface area contributed by atoms with Gasteiger partial charge in [-0.25, -0.2) is 14.4 Å². The minimum Gasteiger partial charge on any atom is -0.506 e. The van der Waals surface area contributed by atoms with E-state index in [1.165, 1.54) is 0 Å². The van der Waals surface area contributed by atoms with Crippen LogP contribution >= 0.6 is 31.9 Å². The summed E-state index contributed by atoms with van der Waals surface area (Å²) >= 11 is 6.75. The van der Waals surface area contributed by atoms with Gasteiger partial charge in [0.1, 0.15) is 11.8 Å². The topological polar surface area (TPSA) is 137 Å². The first kappa shape index (κ1) is 35.0. The van der Waals surface area contributed by atoms with Gasteiger partial charge in [-0.15, -0.1) is 0 Å². The maximum absolute atomic E-state index is 14.0. The van der Waals surface area contributed by atoms with Gasteiger partial charge in [0.15, 0.2) is 0 Å². The molecule has 1 aromatic heterocycles. The molecule has 13 nitrogen and oxygen atoms in total. The van der Waals surface area contributed by atoms with Crippen molar-refractivity contribution in [2.75, 3.05) is 72.5 Å². The molecule has 1 atom stereocenters. The molecule has 3 aliphatic rings. The van der Waals surface area contributed by atoms with Crippen LogP contribution in [0.5, 0.6) is 5.75 Å². The number of aromatic amines is 1. The predicted molar refractivity (Wildman–Crippen MR) is 192 cm³/mol. The summed E-state index contributed by atoms with van der Waals surface area (Å²) < 4.78 is 2.67. The fourth-order valence-corrected chi connectivity index (χ4v) is 8.02. The maximum Gasteiger partial charge on any atom is 0.326 e. The number of aromatic hydroxyl groups is 1. The molecule has 49 heavy (non-hydrogen) atoms. The monoisotopic (exact) mass is 800 g/mol. The molecule has 262 valence electrons. The second-order valence-corrected chi connectivity index (χ2v) is 14.7. The highest BCUT2D eigenvalue weighted by Gasteiger charge is 2.34. The number of carbonyl (C=O) groups excluding carboxylic acids is 3. The highest BCUT2D eigenvalue weighted by atomic mass is 79.9. The molecule has 0 saturated carbocycles. The van der Waals surface area contributed by atoms with Crippen LogP contribution in [0.4, 0.5) is 9.59 Å². The molecule has 0 unspecified atom stereocenters. The molecule has 3 saturated heterocycles. The van der Waals surface area contributed by atoms with Crippen molar-refractivity contribution in [2.45, 2.75) is 31.3 Å². The number of imidazole rings is 1. The van der Waals surface area contributed by atoms with Crippen LogP contribution in [0.3, 0.4) is 0 Å². The minimum atomic E-state index is -0.867. The average molecular weight is 803 g/mol. The van der Waals surface area contributed by atoms with E-state index in [4.69, 9.17) is 0 Å². The fraction of sp³-hybridized carbons (Fsp3) is 0.471. The van der Waals surface area contributed by atoms with Gasteiger partial charge in [0.25, 0.3) is 0 Å². The Kier molecular flexibility index (Phi) is 11.0. The summed E-state index contributed by atoms with van der Waals surface area (Å²) in [5, 5.41) is 13.2. The number of hydrogen-bond donors (Lipinski definition) is 3. The summed E-state index contributed by atoms with van der Waals surface area (Å²) in [4.78, 5) is 65.9. The molecular formula is C34H42Br2N8O5. The minimum absolute atomic E-state index is 0.00504. The first-order valence-electron chi connectivity index (χ1n) is 16.7. The van der Waals surface area contributed by atoms with Gasteiger partial charge in [0.2, 0.25) is 5.91 Å². The van der Waals surface area contributed by atoms with E-state index in [9.17, 15) is 24.3 Å². The number of H-pyrrole nitrogens is 1. The van der Waals surface area contributed by atoms with Crippen molar-refractivity contribution < 1.29 is 19.5 Å². The van der Waals surface area contributed by atoms with Gasteiger partial charge in [0, 0.05) is 84.1 Å². The Morgan fingerprint density at radius 1 is 0.857 bits per heavy atom. The Balaban J connectivity index is 1.10. The summed E-state index contributed by atoms with van der Waals surface area (Å²) in [5.74, 6) is -0.167. The number of nitrogens with zero attached hydrogens (tertiary/aromatic N) is 6. The SMILES string of the molecule is CN1CCN(C(=O)N2CCN(C(=O)[C@H](Cc3cc(Br)c(O)c(Br)c3)NC(=O)N3CCC(n4cc(-c5ccccc5)[nH]c4=O)CC3)CC2)CC1. The molecule has 3 aromatic rings. The van der Waals surface area contributed by atoms with Crippen LogP contribution in [0.2, 0.25) is 0 Å². The number of likely N-dealkylation sites (N-methyl/N-ethyl adjacent to an activating group) is 1. The van der Waals surface area contributed by atoms with Gasteiger partial charge >= 0.3 is 17.8 Å². The van der Waals surface area contributed by atoms with Gasteiger partial charge in [-0.1, -0.05) is 30.3 Å². The van der Waals surface area contributed by atoms with E-state index in [1.54, 1.807) is 31.4 Å². The van der Waals surface area contributed by atoms with Gasteiger partial charge in [0.05, 0.1) is 14.6 Å². The predicted octanol–water partition coefficient (Wildman–Crippen LogP) is 3.54. The number of phenolic OH excluding ortho intramolecular Hbond substituents is 1. The van der Waals surface area contributed by atoms with Gasteiger partial charge in [-0.3, -0.25) is 9.36 Å². The Bertz CT molecular complexity index is 1690. The zero-order valence-electron chi connectivity index (χ0n) is 27.5. The molecule has 3 aliphatic heterocycles. The summed E-state index contributed by atoms with van der Waals surface area (Å²) in [7, 11) is 2.05. The number of benzene rings is 2. The van der Waals surface area contributed by atoms with Crippen molar-refractivity contribution in [1.29, 1.82) is 0 Å². The molecule has 3 N–H and O–H groups in total. The van der Waals surface area contributed by atoms with Gasteiger partial charge in [-0.05, 0) is 75.0 Å². The van der Waals surface area contributed by atoms with E-state index in [2.05, 4.69) is 47.1 Å². The third-order valence-electron chi connectivity index (χ3n) is 9.72. The second kappa shape index (κ2) is 15.4.